The first kappa shape index (κ1) is 14.3. The highest BCUT2D eigenvalue weighted by Gasteiger charge is 2.43. The Kier molecular flexibility index (Phi) is 3.91. The molecular formula is C10H13N5O5. The van der Waals surface area contributed by atoms with Crippen molar-refractivity contribution < 1.29 is 14.9 Å². The van der Waals surface area contributed by atoms with Gasteiger partial charge in [0.2, 0.25) is 0 Å². The van der Waals surface area contributed by atoms with Crippen molar-refractivity contribution in [2.75, 3.05) is 6.54 Å². The van der Waals surface area contributed by atoms with Crippen molar-refractivity contribution in [2.45, 2.75) is 31.5 Å². The van der Waals surface area contributed by atoms with Crippen LogP contribution >= 0.6 is 0 Å². The molecule has 20 heavy (non-hydrogen) atoms. The standard InChI is InChI=1S/C10H13N5O5/c1-4-3-15(10(19)13-8(4)18)9-7(17)6(16)5(20-9)2-12-14-11/h3,5-7,9,16-17H,2H2,1H3,(H,13,18,19)/t5-,6-,7+,9+/m1/s1. The molecule has 2 rings (SSSR count). The van der Waals surface area contributed by atoms with Crippen LogP contribution in [0.25, 0.3) is 10.4 Å². The van der Waals surface area contributed by atoms with Crippen molar-refractivity contribution >= 4 is 0 Å². The molecule has 1 saturated heterocycles. The molecule has 0 amide bonds. The maximum Gasteiger partial charge on any atom is 0.330 e. The van der Waals surface area contributed by atoms with Gasteiger partial charge in [-0.05, 0) is 12.5 Å². The minimum Gasteiger partial charge on any atom is -0.388 e. The van der Waals surface area contributed by atoms with E-state index in [1.165, 1.54) is 13.1 Å². The Hall–Kier alpha value is -2.13. The zero-order valence-corrected chi connectivity index (χ0v) is 10.5. The van der Waals surface area contributed by atoms with E-state index >= 15 is 0 Å². The molecule has 2 heterocycles. The fourth-order valence-electron chi connectivity index (χ4n) is 2.00. The second kappa shape index (κ2) is 5.47. The van der Waals surface area contributed by atoms with Gasteiger partial charge in [0.15, 0.2) is 6.23 Å². The molecule has 10 nitrogen and oxygen atoms in total. The van der Waals surface area contributed by atoms with Crippen LogP contribution in [0.4, 0.5) is 0 Å². The number of aryl methyl sites for hydroxylation is 1. The number of rotatable bonds is 3. The number of azide groups is 1. The summed E-state index contributed by atoms with van der Waals surface area (Å²) in [6.45, 7) is 1.31. The van der Waals surface area contributed by atoms with Gasteiger partial charge in [-0.3, -0.25) is 14.3 Å². The van der Waals surface area contributed by atoms with E-state index < -0.39 is 35.8 Å². The van der Waals surface area contributed by atoms with Gasteiger partial charge in [0.25, 0.3) is 5.56 Å². The Morgan fingerprint density at radius 2 is 2.20 bits per heavy atom. The Labute approximate surface area is 111 Å². The quantitative estimate of drug-likeness (QED) is 0.360. The Bertz CT molecular complexity index is 661. The summed E-state index contributed by atoms with van der Waals surface area (Å²) in [5.74, 6) is 0. The van der Waals surface area contributed by atoms with Gasteiger partial charge in [-0.2, -0.15) is 0 Å². The van der Waals surface area contributed by atoms with E-state index in [0.29, 0.717) is 0 Å². The molecular weight excluding hydrogens is 270 g/mol. The zero-order valence-electron chi connectivity index (χ0n) is 10.5. The summed E-state index contributed by atoms with van der Waals surface area (Å²) in [6.07, 6.45) is -3.53. The third-order valence-corrected chi connectivity index (χ3v) is 3.08. The molecule has 1 aromatic heterocycles. The largest absolute Gasteiger partial charge is 0.388 e. The minimum absolute atomic E-state index is 0.178. The van der Waals surface area contributed by atoms with Crippen molar-refractivity contribution in [3.8, 4) is 0 Å². The molecule has 0 aliphatic carbocycles. The molecule has 0 aromatic carbocycles. The number of hydrogen-bond acceptors (Lipinski definition) is 6. The summed E-state index contributed by atoms with van der Waals surface area (Å²) in [5.41, 5.74) is 7.19. The predicted octanol–water partition coefficient (Wildman–Crippen LogP) is -1.23. The number of ether oxygens (including phenoxy) is 1. The lowest BCUT2D eigenvalue weighted by atomic mass is 10.1. The fourth-order valence-corrected chi connectivity index (χ4v) is 2.00. The van der Waals surface area contributed by atoms with Gasteiger partial charge in [0.05, 0.1) is 12.6 Å². The van der Waals surface area contributed by atoms with Crippen LogP contribution in [0.15, 0.2) is 20.9 Å². The maximum atomic E-state index is 11.7. The van der Waals surface area contributed by atoms with Gasteiger partial charge in [0.1, 0.15) is 12.2 Å². The highest BCUT2D eigenvalue weighted by Crippen LogP contribution is 2.28. The molecule has 0 radical (unpaired) electrons. The number of H-pyrrole nitrogens is 1. The molecule has 10 heteroatoms. The molecule has 1 fully saturated rings. The fraction of sp³-hybridized carbons (Fsp3) is 0.600. The zero-order chi connectivity index (χ0) is 14.9. The molecule has 4 atom stereocenters. The van der Waals surface area contributed by atoms with E-state index in [-0.39, 0.29) is 12.1 Å². The van der Waals surface area contributed by atoms with Crippen LogP contribution in [0.5, 0.6) is 0 Å². The SMILES string of the molecule is Cc1cn([C@H]2O[C@H](CN=[N+]=[N-])[C@@H](O)[C@@H]2O)c(=O)[nH]c1=O. The maximum absolute atomic E-state index is 11.7. The van der Waals surface area contributed by atoms with E-state index in [4.69, 9.17) is 10.3 Å². The highest BCUT2D eigenvalue weighted by molar-refractivity contribution is 5.03. The third kappa shape index (κ3) is 2.45. The summed E-state index contributed by atoms with van der Waals surface area (Å²) in [5, 5.41) is 22.9. The number of aromatic amines is 1. The third-order valence-electron chi connectivity index (χ3n) is 3.08. The minimum atomic E-state index is -1.38. The second-order valence-electron chi connectivity index (χ2n) is 4.44. The van der Waals surface area contributed by atoms with Crippen molar-refractivity contribution in [2.24, 2.45) is 5.11 Å². The number of aliphatic hydroxyl groups excluding tert-OH is 2. The van der Waals surface area contributed by atoms with Crippen LogP contribution in [-0.4, -0.2) is 44.6 Å². The van der Waals surface area contributed by atoms with Crippen molar-refractivity contribution in [1.82, 2.24) is 9.55 Å². The average Bonchev–Trinajstić information content (AvgIpc) is 2.68. The Morgan fingerprint density at radius 1 is 1.50 bits per heavy atom. The molecule has 3 N–H and O–H groups in total. The van der Waals surface area contributed by atoms with Crippen LogP contribution < -0.4 is 11.2 Å². The van der Waals surface area contributed by atoms with Crippen molar-refractivity contribution in [1.29, 1.82) is 0 Å². The second-order valence-corrected chi connectivity index (χ2v) is 4.44. The first-order valence-corrected chi connectivity index (χ1v) is 5.80. The molecule has 0 saturated carbocycles. The van der Waals surface area contributed by atoms with Gasteiger partial charge < -0.3 is 14.9 Å². The monoisotopic (exact) mass is 283 g/mol. The topological polar surface area (TPSA) is 153 Å². The smallest absolute Gasteiger partial charge is 0.330 e. The number of nitrogens with one attached hydrogen (secondary N) is 1. The van der Waals surface area contributed by atoms with Gasteiger partial charge in [-0.1, -0.05) is 5.11 Å². The van der Waals surface area contributed by atoms with Crippen LogP contribution in [0.3, 0.4) is 0 Å². The van der Waals surface area contributed by atoms with Gasteiger partial charge in [-0.15, -0.1) is 0 Å². The molecule has 0 unspecified atom stereocenters. The highest BCUT2D eigenvalue weighted by atomic mass is 16.6. The average molecular weight is 283 g/mol. The summed E-state index contributed by atoms with van der Waals surface area (Å²) < 4.78 is 6.31. The number of aliphatic hydroxyl groups is 2. The summed E-state index contributed by atoms with van der Waals surface area (Å²) in [7, 11) is 0. The predicted molar refractivity (Wildman–Crippen MR) is 66.0 cm³/mol. The van der Waals surface area contributed by atoms with Crippen LogP contribution in [0.1, 0.15) is 11.8 Å². The summed E-state index contributed by atoms with van der Waals surface area (Å²) in [6, 6.07) is 0. The first-order valence-electron chi connectivity index (χ1n) is 5.80. The Balaban J connectivity index is 2.34. The van der Waals surface area contributed by atoms with Gasteiger partial charge in [0, 0.05) is 16.7 Å². The van der Waals surface area contributed by atoms with Crippen molar-refractivity contribution in [3.63, 3.8) is 0 Å². The molecule has 1 aliphatic heterocycles. The van der Waals surface area contributed by atoms with E-state index in [0.717, 1.165) is 4.57 Å². The summed E-state index contributed by atoms with van der Waals surface area (Å²) >= 11 is 0. The van der Waals surface area contributed by atoms with Crippen LogP contribution in [-0.2, 0) is 4.74 Å². The lowest BCUT2D eigenvalue weighted by Crippen LogP contribution is -2.38. The van der Waals surface area contributed by atoms with E-state index in [1.54, 1.807) is 0 Å². The number of aromatic nitrogens is 2. The van der Waals surface area contributed by atoms with E-state index in [9.17, 15) is 19.8 Å². The number of hydrogen-bond donors (Lipinski definition) is 3. The van der Waals surface area contributed by atoms with Gasteiger partial charge in [-0.25, -0.2) is 4.79 Å². The van der Waals surface area contributed by atoms with Gasteiger partial charge >= 0.3 is 5.69 Å². The molecule has 1 aromatic rings. The number of nitrogens with zero attached hydrogens (tertiary/aromatic N) is 4. The molecule has 0 bridgehead atoms. The molecule has 0 spiro atoms. The molecule has 108 valence electrons. The lowest BCUT2D eigenvalue weighted by Gasteiger charge is -2.17. The van der Waals surface area contributed by atoms with Crippen molar-refractivity contribution in [3.05, 3.63) is 43.0 Å². The summed E-state index contributed by atoms with van der Waals surface area (Å²) in [4.78, 5) is 27.6. The molecule has 1 aliphatic rings. The first-order chi connectivity index (χ1) is 9.45. The van der Waals surface area contributed by atoms with E-state index in [1.807, 2.05) is 0 Å². The lowest BCUT2D eigenvalue weighted by molar-refractivity contribution is -0.0373. The van der Waals surface area contributed by atoms with Crippen LogP contribution in [0.2, 0.25) is 0 Å². The Morgan fingerprint density at radius 3 is 2.85 bits per heavy atom. The van der Waals surface area contributed by atoms with Crippen LogP contribution in [0, 0.1) is 6.92 Å². The van der Waals surface area contributed by atoms with E-state index in [2.05, 4.69) is 15.0 Å². The normalized spacial score (nSPS) is 29.1.